The van der Waals surface area contributed by atoms with Gasteiger partial charge in [0.05, 0.1) is 0 Å². The number of rotatable bonds is 0. The van der Waals surface area contributed by atoms with Gasteiger partial charge < -0.3 is 0 Å². The molecule has 0 atom stereocenters. The molecule has 0 saturated heterocycles. The third-order valence-corrected chi connectivity index (χ3v) is 0. The molecule has 0 unspecified atom stereocenters. The van der Waals surface area contributed by atoms with Crippen molar-refractivity contribution in [2.75, 3.05) is 0 Å². The molecule has 40 valence electrons. The van der Waals surface area contributed by atoms with Crippen LogP contribution in [0.1, 0.15) is 0 Å². The second kappa shape index (κ2) is 6.32. The number of hydrogen-bond acceptors (Lipinski definition) is 2. The molecule has 2 N–H and O–H groups in total. The van der Waals surface area contributed by atoms with E-state index in [1.165, 1.54) is 0 Å². The Morgan fingerprint density at radius 2 is 1.14 bits per heavy atom. The zero-order valence-corrected chi connectivity index (χ0v) is 5.35. The van der Waals surface area contributed by atoms with E-state index in [2.05, 4.69) is 0 Å². The monoisotopic (exact) mass is 236 g/mol. The summed E-state index contributed by atoms with van der Waals surface area (Å²) in [7, 11) is -4.67. The summed E-state index contributed by atoms with van der Waals surface area (Å²) < 4.78 is 31.6. The van der Waals surface area contributed by atoms with Crippen molar-refractivity contribution in [2.24, 2.45) is 0 Å². The van der Waals surface area contributed by atoms with Gasteiger partial charge in [0.2, 0.25) is 0 Å². The van der Waals surface area contributed by atoms with E-state index in [0.717, 1.165) is 0 Å². The van der Waals surface area contributed by atoms with Crippen molar-refractivity contribution in [3.8, 4) is 0 Å². The predicted molar refractivity (Wildman–Crippen MR) is 21.3 cm³/mol. The van der Waals surface area contributed by atoms with Gasteiger partial charge in [0.25, 0.3) is 0 Å². The van der Waals surface area contributed by atoms with Crippen LogP contribution in [-0.2, 0) is 31.5 Å². The zero-order chi connectivity index (χ0) is 4.50. The van der Waals surface area contributed by atoms with E-state index >= 15 is 0 Å². The van der Waals surface area contributed by atoms with Crippen molar-refractivity contribution in [3.05, 3.63) is 0 Å². The van der Waals surface area contributed by atoms with Gasteiger partial charge in [-0.25, -0.2) is 0 Å². The zero-order valence-electron chi connectivity index (χ0n) is 2.53. The quantitative estimate of drug-likeness (QED) is 0.403. The van der Waals surface area contributed by atoms with E-state index in [4.69, 9.17) is 17.5 Å². The molecule has 0 radical (unpaired) electrons. The largest absolute Gasteiger partial charge is 0 e. The average molecular weight is 234 g/mol. The van der Waals surface area contributed by atoms with Gasteiger partial charge in [-0.2, -0.15) is 8.42 Å². The third kappa shape index (κ3) is 65.3. The van der Waals surface area contributed by atoms with Crippen molar-refractivity contribution in [1.29, 1.82) is 0 Å². The van der Waals surface area contributed by atoms with Crippen LogP contribution in [-0.4, -0.2) is 68.9 Å². The molecule has 0 spiro atoms. The molecule has 0 heterocycles. The van der Waals surface area contributed by atoms with Crippen LogP contribution in [0.4, 0.5) is 0 Å². The Morgan fingerprint density at radius 1 is 1.14 bits per heavy atom. The summed E-state index contributed by atoms with van der Waals surface area (Å²) >= 11 is 0. The van der Waals surface area contributed by atoms with Crippen LogP contribution in [0.25, 0.3) is 0 Å². The SMILES string of the molecule is O=S(=O)(O)O.[KH].[Mo]. The van der Waals surface area contributed by atoms with E-state index in [9.17, 15) is 0 Å². The normalized spacial score (nSPS) is 8.29. The molecular formula is H3KMoO4S. The Hall–Kier alpha value is 2.19. The van der Waals surface area contributed by atoms with Gasteiger partial charge in [-0.05, 0) is 0 Å². The Labute approximate surface area is 98.3 Å². The molecular weight excluding hydrogens is 231 g/mol. The van der Waals surface area contributed by atoms with E-state index in [1.807, 2.05) is 0 Å². The molecule has 0 aliphatic heterocycles. The smallest absolute Gasteiger partial charge is 0 e. The minimum Gasteiger partial charge on any atom is 0 e. The topological polar surface area (TPSA) is 74.6 Å². The summed E-state index contributed by atoms with van der Waals surface area (Å²) in [5, 5.41) is 0. The van der Waals surface area contributed by atoms with Crippen molar-refractivity contribution in [1.82, 2.24) is 0 Å². The first-order valence-electron chi connectivity index (χ1n) is 0.698. The standard InChI is InChI=1S/K.Mo.H2O4S.H/c;;1-5(2,3)4;/h;;(H2,1,2,3,4);. The molecule has 0 aromatic rings. The predicted octanol–water partition coefficient (Wildman–Crippen LogP) is -1.30. The van der Waals surface area contributed by atoms with Gasteiger partial charge in [0, 0.05) is 21.1 Å². The van der Waals surface area contributed by atoms with Gasteiger partial charge in [-0.1, -0.05) is 0 Å². The minimum absolute atomic E-state index is 0. The van der Waals surface area contributed by atoms with Crippen LogP contribution in [0, 0.1) is 0 Å². The van der Waals surface area contributed by atoms with Gasteiger partial charge in [-0.3, -0.25) is 9.11 Å². The molecule has 0 aliphatic rings. The van der Waals surface area contributed by atoms with Gasteiger partial charge in [0.15, 0.2) is 0 Å². The van der Waals surface area contributed by atoms with Crippen LogP contribution in [0.2, 0.25) is 0 Å². The van der Waals surface area contributed by atoms with Crippen molar-refractivity contribution in [3.63, 3.8) is 0 Å². The Morgan fingerprint density at radius 3 is 1.14 bits per heavy atom. The first-order valence-corrected chi connectivity index (χ1v) is 2.10. The maximum Gasteiger partial charge on any atom is 0 e. The molecule has 0 aromatic heterocycles. The molecule has 7 heavy (non-hydrogen) atoms. The first-order chi connectivity index (χ1) is 2.00. The van der Waals surface area contributed by atoms with Crippen molar-refractivity contribution >= 4 is 61.8 Å². The van der Waals surface area contributed by atoms with E-state index < -0.39 is 10.4 Å². The minimum atomic E-state index is -4.67. The Bertz CT molecular complexity index is 94.9. The first kappa shape index (κ1) is 16.1. The van der Waals surface area contributed by atoms with Crippen LogP contribution in [0.5, 0.6) is 0 Å². The maximum atomic E-state index is 8.74. The second-order valence-corrected chi connectivity index (χ2v) is 1.34. The summed E-state index contributed by atoms with van der Waals surface area (Å²) in [4.78, 5) is 0. The van der Waals surface area contributed by atoms with E-state index in [-0.39, 0.29) is 72.4 Å². The average Bonchev–Trinajstić information content (AvgIpc) is 0.722. The second-order valence-electron chi connectivity index (χ2n) is 0.448. The summed E-state index contributed by atoms with van der Waals surface area (Å²) in [5.41, 5.74) is 0. The van der Waals surface area contributed by atoms with Crippen LogP contribution < -0.4 is 0 Å². The molecule has 7 heteroatoms. The Kier molecular flexibility index (Phi) is 14.5. The van der Waals surface area contributed by atoms with Gasteiger partial charge in [-0.15, -0.1) is 0 Å². The van der Waals surface area contributed by atoms with Crippen LogP contribution >= 0.6 is 0 Å². The summed E-state index contributed by atoms with van der Waals surface area (Å²) in [6.45, 7) is 0. The summed E-state index contributed by atoms with van der Waals surface area (Å²) in [6, 6.07) is 0. The van der Waals surface area contributed by atoms with E-state index in [1.54, 1.807) is 0 Å². The third-order valence-electron chi connectivity index (χ3n) is 0. The molecule has 0 rings (SSSR count). The summed E-state index contributed by atoms with van der Waals surface area (Å²) in [6.07, 6.45) is 0. The van der Waals surface area contributed by atoms with Crippen LogP contribution in [0.15, 0.2) is 0 Å². The van der Waals surface area contributed by atoms with Crippen molar-refractivity contribution in [2.45, 2.75) is 0 Å². The molecule has 0 bridgehead atoms. The van der Waals surface area contributed by atoms with E-state index in [0.29, 0.717) is 0 Å². The van der Waals surface area contributed by atoms with Crippen LogP contribution in [0.3, 0.4) is 0 Å². The molecule has 0 aromatic carbocycles. The molecule has 0 fully saturated rings. The number of hydrogen-bond donors (Lipinski definition) is 2. The molecule has 0 saturated carbocycles. The van der Waals surface area contributed by atoms with Crippen molar-refractivity contribution < 1.29 is 38.6 Å². The fourth-order valence-electron chi connectivity index (χ4n) is 0. The van der Waals surface area contributed by atoms with Gasteiger partial charge in [0.1, 0.15) is 0 Å². The molecule has 4 nitrogen and oxygen atoms in total. The molecule has 0 aliphatic carbocycles. The Balaban J connectivity index is -0.0000000800. The fraction of sp³-hybridized carbons (Fsp3) is 0. The summed E-state index contributed by atoms with van der Waals surface area (Å²) in [5.74, 6) is 0. The molecule has 0 amide bonds. The maximum absolute atomic E-state index is 8.74. The fourth-order valence-corrected chi connectivity index (χ4v) is 0. The van der Waals surface area contributed by atoms with Gasteiger partial charge >= 0.3 is 61.8 Å².